The lowest BCUT2D eigenvalue weighted by Gasteiger charge is -2.35. The van der Waals surface area contributed by atoms with E-state index in [-0.39, 0.29) is 12.6 Å². The van der Waals surface area contributed by atoms with Crippen molar-refractivity contribution in [1.29, 1.82) is 0 Å². The molecule has 24 heavy (non-hydrogen) atoms. The van der Waals surface area contributed by atoms with Crippen LogP contribution < -0.4 is 5.32 Å². The van der Waals surface area contributed by atoms with Crippen LogP contribution in [-0.4, -0.2) is 43.8 Å². The number of methoxy groups -OCH3 is 1. The molecule has 0 radical (unpaired) electrons. The molecule has 1 N–H and O–H groups in total. The first-order valence-electron chi connectivity index (χ1n) is 7.70. The van der Waals surface area contributed by atoms with Crippen LogP contribution in [0.15, 0.2) is 40.0 Å². The van der Waals surface area contributed by atoms with Gasteiger partial charge in [-0.2, -0.15) is 0 Å². The van der Waals surface area contributed by atoms with Crippen molar-refractivity contribution in [1.82, 2.24) is 10.2 Å². The molecule has 1 heterocycles. The number of nitrogens with one attached hydrogen (secondary N) is 1. The van der Waals surface area contributed by atoms with Gasteiger partial charge in [0.25, 0.3) is 0 Å². The van der Waals surface area contributed by atoms with Crippen LogP contribution in [0.25, 0.3) is 0 Å². The number of nitrogens with zero attached hydrogens (tertiary/aromatic N) is 1. The van der Waals surface area contributed by atoms with E-state index in [1.165, 1.54) is 4.90 Å². The summed E-state index contributed by atoms with van der Waals surface area (Å²) in [7, 11) is 1.57. The summed E-state index contributed by atoms with van der Waals surface area (Å²) in [6.07, 6.45) is 0. The molecule has 0 saturated carbocycles. The lowest BCUT2D eigenvalue weighted by atomic mass is 9.95. The van der Waals surface area contributed by atoms with Gasteiger partial charge >= 0.3 is 12.0 Å². The highest BCUT2D eigenvalue weighted by atomic mass is 79.9. The predicted molar refractivity (Wildman–Crippen MR) is 93.3 cm³/mol. The number of rotatable bonds is 6. The van der Waals surface area contributed by atoms with Crippen molar-refractivity contribution in [3.63, 3.8) is 0 Å². The number of allylic oxidation sites excluding steroid dienone is 1. The van der Waals surface area contributed by atoms with Crippen molar-refractivity contribution in [2.24, 2.45) is 0 Å². The Hall–Kier alpha value is -1.86. The summed E-state index contributed by atoms with van der Waals surface area (Å²) in [5.74, 6) is -0.432. The third kappa shape index (κ3) is 3.79. The van der Waals surface area contributed by atoms with Gasteiger partial charge < -0.3 is 14.8 Å². The van der Waals surface area contributed by atoms with Crippen molar-refractivity contribution < 1.29 is 19.1 Å². The van der Waals surface area contributed by atoms with E-state index in [1.54, 1.807) is 21.0 Å². The van der Waals surface area contributed by atoms with E-state index in [4.69, 9.17) is 9.47 Å². The maximum absolute atomic E-state index is 12.5. The van der Waals surface area contributed by atoms with Gasteiger partial charge in [-0.05, 0) is 25.5 Å². The molecule has 1 unspecified atom stereocenters. The van der Waals surface area contributed by atoms with E-state index in [0.717, 1.165) is 10.0 Å². The molecule has 0 aliphatic carbocycles. The summed E-state index contributed by atoms with van der Waals surface area (Å²) < 4.78 is 11.1. The van der Waals surface area contributed by atoms with Crippen molar-refractivity contribution >= 4 is 27.9 Å². The fraction of sp³-hybridized carbons (Fsp3) is 0.412. The Balaban J connectivity index is 2.50. The van der Waals surface area contributed by atoms with Crippen molar-refractivity contribution in [2.75, 3.05) is 26.9 Å². The minimum atomic E-state index is -0.564. The van der Waals surface area contributed by atoms with Gasteiger partial charge in [-0.1, -0.05) is 34.1 Å². The maximum atomic E-state index is 12.5. The highest BCUT2D eigenvalue weighted by Gasteiger charge is 2.36. The van der Waals surface area contributed by atoms with Crippen LogP contribution in [0, 0.1) is 0 Å². The number of urea groups is 1. The SMILES string of the molecule is CCOC(=O)C1=C(C)N(CCOC)C(=O)NC1c1ccccc1Br. The fourth-order valence-corrected chi connectivity index (χ4v) is 3.16. The number of carbonyl (C=O) groups excluding carboxylic acids is 2. The number of esters is 1. The number of ether oxygens (including phenoxy) is 2. The second-order valence-corrected chi connectivity index (χ2v) is 6.12. The molecular weight excluding hydrogens is 376 g/mol. The van der Waals surface area contributed by atoms with Crippen LogP contribution >= 0.6 is 15.9 Å². The minimum Gasteiger partial charge on any atom is -0.463 e. The lowest BCUT2D eigenvalue weighted by Crippen LogP contribution is -2.49. The Bertz CT molecular complexity index is 660. The summed E-state index contributed by atoms with van der Waals surface area (Å²) in [6.45, 7) is 4.51. The van der Waals surface area contributed by atoms with Crippen LogP contribution in [0.3, 0.4) is 0 Å². The Morgan fingerprint density at radius 3 is 2.71 bits per heavy atom. The Kier molecular flexibility index (Phi) is 6.39. The predicted octanol–water partition coefficient (Wildman–Crippen LogP) is 3.00. The van der Waals surface area contributed by atoms with Crippen LogP contribution in [0.1, 0.15) is 25.5 Å². The first kappa shape index (κ1) is 18.5. The van der Waals surface area contributed by atoms with Crippen LogP contribution in [0.5, 0.6) is 0 Å². The number of benzene rings is 1. The highest BCUT2D eigenvalue weighted by Crippen LogP contribution is 2.34. The molecule has 1 aromatic rings. The molecule has 1 aliphatic rings. The molecule has 130 valence electrons. The van der Waals surface area contributed by atoms with Gasteiger partial charge in [-0.3, -0.25) is 4.90 Å². The van der Waals surface area contributed by atoms with Gasteiger partial charge in [-0.15, -0.1) is 0 Å². The van der Waals surface area contributed by atoms with E-state index < -0.39 is 12.0 Å². The molecule has 1 aromatic carbocycles. The topological polar surface area (TPSA) is 67.9 Å². The van der Waals surface area contributed by atoms with Gasteiger partial charge in [-0.25, -0.2) is 9.59 Å². The maximum Gasteiger partial charge on any atom is 0.338 e. The minimum absolute atomic E-state index is 0.265. The first-order valence-corrected chi connectivity index (χ1v) is 8.49. The fourth-order valence-electron chi connectivity index (χ4n) is 2.65. The molecule has 2 amide bonds. The first-order chi connectivity index (χ1) is 11.5. The number of halogens is 1. The quantitative estimate of drug-likeness (QED) is 0.750. The molecule has 0 fully saturated rings. The third-order valence-electron chi connectivity index (χ3n) is 3.83. The van der Waals surface area contributed by atoms with Crippen molar-refractivity contribution in [3.8, 4) is 0 Å². The zero-order chi connectivity index (χ0) is 17.7. The molecule has 6 nitrogen and oxygen atoms in total. The molecule has 0 aromatic heterocycles. The van der Waals surface area contributed by atoms with Gasteiger partial charge in [0.1, 0.15) is 0 Å². The Morgan fingerprint density at radius 1 is 1.38 bits per heavy atom. The van der Waals surface area contributed by atoms with Gasteiger partial charge in [0.05, 0.1) is 31.4 Å². The van der Waals surface area contributed by atoms with Crippen molar-refractivity contribution in [2.45, 2.75) is 19.9 Å². The largest absolute Gasteiger partial charge is 0.463 e. The van der Waals surface area contributed by atoms with Gasteiger partial charge in [0, 0.05) is 17.3 Å². The lowest BCUT2D eigenvalue weighted by molar-refractivity contribution is -0.139. The average molecular weight is 397 g/mol. The monoisotopic (exact) mass is 396 g/mol. The van der Waals surface area contributed by atoms with Gasteiger partial charge in [0.2, 0.25) is 0 Å². The second-order valence-electron chi connectivity index (χ2n) is 5.27. The van der Waals surface area contributed by atoms with E-state index in [2.05, 4.69) is 21.2 Å². The number of hydrogen-bond donors (Lipinski definition) is 1. The summed E-state index contributed by atoms with van der Waals surface area (Å²) in [6, 6.07) is 6.65. The molecule has 1 atom stereocenters. The van der Waals surface area contributed by atoms with Crippen LogP contribution in [0.2, 0.25) is 0 Å². The Labute approximate surface area is 149 Å². The Morgan fingerprint density at radius 2 is 2.08 bits per heavy atom. The average Bonchev–Trinajstić information content (AvgIpc) is 2.54. The molecular formula is C17H21BrN2O4. The highest BCUT2D eigenvalue weighted by molar-refractivity contribution is 9.10. The summed E-state index contributed by atoms with van der Waals surface area (Å²) >= 11 is 3.48. The van der Waals surface area contributed by atoms with E-state index >= 15 is 0 Å². The normalized spacial score (nSPS) is 17.8. The summed E-state index contributed by atoms with van der Waals surface area (Å²) in [4.78, 5) is 26.5. The number of amides is 2. The van der Waals surface area contributed by atoms with Crippen LogP contribution in [-0.2, 0) is 14.3 Å². The van der Waals surface area contributed by atoms with Gasteiger partial charge in [0.15, 0.2) is 0 Å². The third-order valence-corrected chi connectivity index (χ3v) is 4.55. The molecule has 7 heteroatoms. The zero-order valence-corrected chi connectivity index (χ0v) is 15.6. The summed E-state index contributed by atoms with van der Waals surface area (Å²) in [5, 5.41) is 2.90. The molecule has 0 saturated heterocycles. The van der Waals surface area contributed by atoms with E-state index in [9.17, 15) is 9.59 Å². The molecule has 0 spiro atoms. The molecule has 2 rings (SSSR count). The van der Waals surface area contributed by atoms with Crippen molar-refractivity contribution in [3.05, 3.63) is 45.6 Å². The number of carbonyl (C=O) groups is 2. The van der Waals surface area contributed by atoms with Crippen LogP contribution in [0.4, 0.5) is 4.79 Å². The van der Waals surface area contributed by atoms with E-state index in [0.29, 0.717) is 24.4 Å². The second kappa shape index (κ2) is 8.30. The zero-order valence-electron chi connectivity index (χ0n) is 14.0. The standard InChI is InChI=1S/C17H21BrN2O4/c1-4-24-16(21)14-11(2)20(9-10-23-3)17(22)19-15(14)12-7-5-6-8-13(12)18/h5-8,15H,4,9-10H2,1-3H3,(H,19,22). The molecule has 0 bridgehead atoms. The molecule has 1 aliphatic heterocycles. The summed E-state index contributed by atoms with van der Waals surface area (Å²) in [5.41, 5.74) is 1.81. The number of hydrogen-bond acceptors (Lipinski definition) is 4. The smallest absolute Gasteiger partial charge is 0.338 e. The van der Waals surface area contributed by atoms with E-state index in [1.807, 2.05) is 24.3 Å².